The number of hydrogen-bond acceptors (Lipinski definition) is 6. The molecule has 0 unspecified atom stereocenters. The Bertz CT molecular complexity index is 789. The maximum Gasteiger partial charge on any atom is 0.347 e. The second-order valence-corrected chi connectivity index (χ2v) is 5.46. The van der Waals surface area contributed by atoms with E-state index in [1.54, 1.807) is 18.2 Å². The van der Waals surface area contributed by atoms with E-state index < -0.39 is 47.8 Å². The summed E-state index contributed by atoms with van der Waals surface area (Å²) in [7, 11) is 0. The lowest BCUT2D eigenvalue weighted by Crippen LogP contribution is -2.69. The van der Waals surface area contributed by atoms with E-state index in [0.29, 0.717) is 0 Å². The molecule has 9 heteroatoms. The van der Waals surface area contributed by atoms with Crippen LogP contribution in [0, 0.1) is 0 Å². The molecule has 2 aliphatic rings. The molecular weight excluding hydrogens is 332 g/mol. The third-order valence-electron chi connectivity index (χ3n) is 4.06. The lowest BCUT2D eigenvalue weighted by Gasteiger charge is -2.39. The molecule has 2 atom stereocenters. The van der Waals surface area contributed by atoms with Gasteiger partial charge in [0, 0.05) is 5.56 Å². The van der Waals surface area contributed by atoms with Gasteiger partial charge >= 0.3 is 5.97 Å². The first-order valence-electron chi connectivity index (χ1n) is 7.37. The summed E-state index contributed by atoms with van der Waals surface area (Å²) in [6.07, 6.45) is -0.0109. The van der Waals surface area contributed by atoms with Crippen LogP contribution in [0.5, 0.6) is 0 Å². The van der Waals surface area contributed by atoms with Gasteiger partial charge in [-0.1, -0.05) is 18.2 Å². The van der Waals surface area contributed by atoms with Crippen LogP contribution in [0.25, 0.3) is 0 Å². The van der Waals surface area contributed by atoms with Gasteiger partial charge in [-0.05, 0) is 18.2 Å². The Kier molecular flexibility index (Phi) is 4.01. The summed E-state index contributed by atoms with van der Waals surface area (Å²) in [6.45, 7) is -0.598. The Morgan fingerprint density at radius 1 is 1.32 bits per heavy atom. The van der Waals surface area contributed by atoms with Crippen molar-refractivity contribution >= 4 is 23.7 Å². The molecule has 9 nitrogen and oxygen atoms in total. The molecule has 3 rings (SSSR count). The number of carbonyl (C=O) groups excluding carboxylic acids is 3. The molecule has 1 aromatic carbocycles. The highest BCUT2D eigenvalue weighted by Crippen LogP contribution is 2.44. The minimum absolute atomic E-state index is 0.0856. The first kappa shape index (κ1) is 16.7. The maximum atomic E-state index is 12.7. The van der Waals surface area contributed by atoms with Gasteiger partial charge in [0.1, 0.15) is 5.76 Å². The SMILES string of the molecule is O=C(NC(=O)[C@@]1(C(=O)O)/C(=C/CO)O[C@@H]2CC(=O)N21)c1ccccc1. The fourth-order valence-electron chi connectivity index (χ4n) is 2.90. The molecule has 0 bridgehead atoms. The number of amides is 3. The third kappa shape index (κ3) is 2.36. The lowest BCUT2D eigenvalue weighted by molar-refractivity contribution is -0.174. The van der Waals surface area contributed by atoms with Gasteiger partial charge in [0.05, 0.1) is 13.0 Å². The van der Waals surface area contributed by atoms with E-state index in [-0.39, 0.29) is 12.0 Å². The van der Waals surface area contributed by atoms with Crippen LogP contribution >= 0.6 is 0 Å². The van der Waals surface area contributed by atoms with E-state index in [0.717, 1.165) is 11.0 Å². The van der Waals surface area contributed by atoms with Crippen LogP contribution in [-0.2, 0) is 19.1 Å². The molecule has 0 saturated carbocycles. The summed E-state index contributed by atoms with van der Waals surface area (Å²) in [5, 5.41) is 20.8. The summed E-state index contributed by atoms with van der Waals surface area (Å²) in [4.78, 5) is 49.5. The van der Waals surface area contributed by atoms with Crippen molar-refractivity contribution in [2.24, 2.45) is 0 Å². The van der Waals surface area contributed by atoms with E-state index in [9.17, 15) is 24.3 Å². The zero-order chi connectivity index (χ0) is 18.2. The Morgan fingerprint density at radius 3 is 2.56 bits per heavy atom. The number of nitrogens with zero attached hydrogens (tertiary/aromatic N) is 1. The number of carbonyl (C=O) groups is 4. The monoisotopic (exact) mass is 346 g/mol. The smallest absolute Gasteiger partial charge is 0.347 e. The fraction of sp³-hybridized carbons (Fsp3) is 0.250. The second kappa shape index (κ2) is 6.02. The van der Waals surface area contributed by atoms with Crippen LogP contribution in [-0.4, -0.2) is 57.2 Å². The van der Waals surface area contributed by atoms with Crippen LogP contribution in [0.4, 0.5) is 0 Å². The van der Waals surface area contributed by atoms with Gasteiger partial charge in [-0.3, -0.25) is 24.6 Å². The largest absolute Gasteiger partial charge is 0.479 e. The van der Waals surface area contributed by atoms with E-state index in [1.807, 2.05) is 5.32 Å². The van der Waals surface area contributed by atoms with Crippen LogP contribution in [0.1, 0.15) is 16.8 Å². The van der Waals surface area contributed by atoms with E-state index >= 15 is 0 Å². The predicted octanol–water partition coefficient (Wildman–Crippen LogP) is -0.769. The molecule has 0 radical (unpaired) electrons. The maximum absolute atomic E-state index is 12.7. The van der Waals surface area contributed by atoms with Crippen LogP contribution in [0.15, 0.2) is 42.2 Å². The van der Waals surface area contributed by atoms with Gasteiger partial charge in [-0.15, -0.1) is 0 Å². The number of imide groups is 1. The number of carboxylic acid groups (broad SMARTS) is 1. The van der Waals surface area contributed by atoms with Crippen LogP contribution in [0.2, 0.25) is 0 Å². The molecule has 130 valence electrons. The number of hydrogen-bond donors (Lipinski definition) is 3. The van der Waals surface area contributed by atoms with Gasteiger partial charge in [0.25, 0.3) is 17.4 Å². The van der Waals surface area contributed by atoms with Crippen molar-refractivity contribution in [1.82, 2.24) is 10.2 Å². The molecule has 3 N–H and O–H groups in total. The predicted molar refractivity (Wildman–Crippen MR) is 80.8 cm³/mol. The Hall–Kier alpha value is -3.20. The molecular formula is C16H14N2O7. The average Bonchev–Trinajstić information content (AvgIpc) is 2.85. The van der Waals surface area contributed by atoms with Crippen molar-refractivity contribution in [3.63, 3.8) is 0 Å². The van der Waals surface area contributed by atoms with Gasteiger partial charge < -0.3 is 14.9 Å². The summed E-state index contributed by atoms with van der Waals surface area (Å²) >= 11 is 0. The number of β-lactam (4-membered cyclic amide) rings is 1. The normalized spacial score (nSPS) is 25.8. The van der Waals surface area contributed by atoms with Crippen LogP contribution < -0.4 is 5.32 Å². The molecule has 25 heavy (non-hydrogen) atoms. The zero-order valence-corrected chi connectivity index (χ0v) is 12.8. The number of rotatable bonds is 4. The van der Waals surface area contributed by atoms with Gasteiger partial charge in [-0.25, -0.2) is 4.79 Å². The Balaban J connectivity index is 1.98. The molecule has 2 saturated heterocycles. The van der Waals surface area contributed by atoms with E-state index in [2.05, 4.69) is 0 Å². The number of carboxylic acids is 1. The first-order chi connectivity index (χ1) is 11.9. The average molecular weight is 346 g/mol. The third-order valence-corrected chi connectivity index (χ3v) is 4.06. The van der Waals surface area contributed by atoms with Crippen molar-refractivity contribution in [3.05, 3.63) is 47.7 Å². The quantitative estimate of drug-likeness (QED) is 0.370. The highest BCUT2D eigenvalue weighted by Gasteiger charge is 2.69. The number of benzene rings is 1. The molecule has 2 fully saturated rings. The number of nitrogens with one attached hydrogen (secondary N) is 1. The number of ether oxygens (including phenoxy) is 1. The molecule has 1 aromatic rings. The molecule has 0 aromatic heterocycles. The molecule has 2 heterocycles. The van der Waals surface area contributed by atoms with Gasteiger partial charge in [0.15, 0.2) is 6.23 Å². The minimum Gasteiger partial charge on any atom is -0.479 e. The Labute approximate surface area is 141 Å². The summed E-state index contributed by atoms with van der Waals surface area (Å²) in [5.74, 6) is -4.72. The van der Waals surface area contributed by atoms with E-state index in [1.165, 1.54) is 12.1 Å². The number of aliphatic hydroxyl groups is 1. The van der Waals surface area contributed by atoms with Crippen molar-refractivity contribution in [3.8, 4) is 0 Å². The molecule has 2 aliphatic heterocycles. The van der Waals surface area contributed by atoms with Gasteiger partial charge in [0.2, 0.25) is 5.91 Å². The first-order valence-corrected chi connectivity index (χ1v) is 7.37. The summed E-state index contributed by atoms with van der Waals surface area (Å²) < 4.78 is 5.31. The highest BCUT2D eigenvalue weighted by atomic mass is 16.5. The highest BCUT2D eigenvalue weighted by molar-refractivity contribution is 6.19. The van der Waals surface area contributed by atoms with E-state index in [4.69, 9.17) is 9.84 Å². The number of fused-ring (bicyclic) bond motifs is 1. The van der Waals surface area contributed by atoms with Gasteiger partial charge in [-0.2, -0.15) is 0 Å². The topological polar surface area (TPSA) is 133 Å². The van der Waals surface area contributed by atoms with Crippen molar-refractivity contribution < 1.29 is 34.1 Å². The summed E-state index contributed by atoms with van der Waals surface area (Å²) in [5.41, 5.74) is -2.37. The van der Waals surface area contributed by atoms with Crippen molar-refractivity contribution in [2.45, 2.75) is 18.2 Å². The lowest BCUT2D eigenvalue weighted by atomic mass is 9.90. The second-order valence-electron chi connectivity index (χ2n) is 5.46. The molecule has 3 amide bonds. The molecule has 0 aliphatic carbocycles. The minimum atomic E-state index is -2.52. The fourth-order valence-corrected chi connectivity index (χ4v) is 2.90. The van der Waals surface area contributed by atoms with Crippen molar-refractivity contribution in [1.29, 1.82) is 0 Å². The number of aliphatic carboxylic acids is 1. The standard InChI is InChI=1S/C16H14N2O7/c19-7-6-10-16(15(23)24,18-11(20)8-12(18)25-10)14(22)17-13(21)9-4-2-1-3-5-9/h1-6,12,19H,7-8H2,(H,23,24)(H,17,21,22)/b10-6-/t12-,16-/m1/s1. The number of aliphatic hydroxyl groups excluding tert-OH is 1. The molecule has 0 spiro atoms. The Morgan fingerprint density at radius 2 is 2.00 bits per heavy atom. The van der Waals surface area contributed by atoms with Crippen LogP contribution in [0.3, 0.4) is 0 Å². The zero-order valence-electron chi connectivity index (χ0n) is 12.8. The summed E-state index contributed by atoms with van der Waals surface area (Å²) in [6, 6.07) is 7.73. The van der Waals surface area contributed by atoms with Crippen molar-refractivity contribution in [2.75, 3.05) is 6.61 Å².